The molecule has 1 aliphatic heterocycles. The largest absolute Gasteiger partial charge is 0.454 e. The standard InChI is InChI=1S/C25H23N2O3/c1-16-20(18-7-5-17(14-26)6-8-18)3-2-4-21(16)27-24(28)25(11-12-25)19-9-10-22-23(13-19)30-15-29-22/h2-10,13,26H,11-12,14-15H2,1H3,(H,27,28). The highest BCUT2D eigenvalue weighted by Gasteiger charge is 2.51. The van der Waals surface area contributed by atoms with E-state index in [-0.39, 0.29) is 19.2 Å². The van der Waals surface area contributed by atoms with E-state index < -0.39 is 5.41 Å². The summed E-state index contributed by atoms with van der Waals surface area (Å²) in [6.45, 7) is 2.54. The lowest BCUT2D eigenvalue weighted by atomic mass is 9.93. The first-order chi connectivity index (χ1) is 14.6. The third kappa shape index (κ3) is 3.12. The number of nitrogens with one attached hydrogen (secondary N) is 2. The zero-order chi connectivity index (χ0) is 20.7. The normalized spacial score (nSPS) is 15.7. The molecule has 1 fully saturated rings. The summed E-state index contributed by atoms with van der Waals surface area (Å²) in [6, 6.07) is 19.8. The Hall–Kier alpha value is -3.31. The Morgan fingerprint density at radius 1 is 1.03 bits per heavy atom. The number of hydrogen-bond donors (Lipinski definition) is 1. The molecule has 5 nitrogen and oxygen atoms in total. The maximum Gasteiger partial charge on any atom is 0.235 e. The van der Waals surface area contributed by atoms with Gasteiger partial charge in [0.1, 0.15) is 0 Å². The Labute approximate surface area is 175 Å². The molecule has 0 spiro atoms. The lowest BCUT2D eigenvalue weighted by Crippen LogP contribution is -2.28. The number of amides is 1. The second-order valence-electron chi connectivity index (χ2n) is 7.96. The van der Waals surface area contributed by atoms with Crippen LogP contribution in [0.1, 0.15) is 29.5 Å². The highest BCUT2D eigenvalue weighted by atomic mass is 16.7. The lowest BCUT2D eigenvalue weighted by molar-refractivity contribution is -0.118. The summed E-state index contributed by atoms with van der Waals surface area (Å²) in [5.74, 6) is 1.46. The molecule has 1 amide bonds. The molecule has 1 saturated carbocycles. The van der Waals surface area contributed by atoms with Crippen molar-refractivity contribution in [3.05, 3.63) is 77.4 Å². The molecule has 5 rings (SSSR count). The molecule has 2 N–H and O–H groups in total. The van der Waals surface area contributed by atoms with Crippen LogP contribution in [0.15, 0.2) is 60.7 Å². The molecule has 5 heteroatoms. The fourth-order valence-electron chi connectivity index (χ4n) is 4.09. The van der Waals surface area contributed by atoms with Crippen molar-refractivity contribution in [2.24, 2.45) is 0 Å². The van der Waals surface area contributed by atoms with Crippen LogP contribution in [-0.2, 0) is 16.8 Å². The molecule has 3 aromatic rings. The summed E-state index contributed by atoms with van der Waals surface area (Å²) in [7, 11) is 0. The average molecular weight is 399 g/mol. The first kappa shape index (κ1) is 18.7. The average Bonchev–Trinajstić information content (AvgIpc) is 3.46. The summed E-state index contributed by atoms with van der Waals surface area (Å²) in [5.41, 5.74) is 13.0. The Bertz CT molecular complexity index is 1120. The van der Waals surface area contributed by atoms with Crippen molar-refractivity contribution in [1.82, 2.24) is 5.73 Å². The second-order valence-corrected chi connectivity index (χ2v) is 7.96. The highest BCUT2D eigenvalue weighted by molar-refractivity contribution is 6.02. The monoisotopic (exact) mass is 399 g/mol. The molecule has 1 heterocycles. The van der Waals surface area contributed by atoms with Crippen LogP contribution in [0, 0.1) is 6.92 Å². The summed E-state index contributed by atoms with van der Waals surface area (Å²) in [4.78, 5) is 13.3. The van der Waals surface area contributed by atoms with Crippen molar-refractivity contribution < 1.29 is 14.3 Å². The topological polar surface area (TPSA) is 71.4 Å². The summed E-state index contributed by atoms with van der Waals surface area (Å²) in [5, 5.41) is 3.17. The van der Waals surface area contributed by atoms with E-state index in [0.717, 1.165) is 52.1 Å². The van der Waals surface area contributed by atoms with Crippen molar-refractivity contribution in [1.29, 1.82) is 0 Å². The van der Waals surface area contributed by atoms with E-state index in [1.807, 2.05) is 61.5 Å². The van der Waals surface area contributed by atoms with Gasteiger partial charge in [0.05, 0.1) is 5.41 Å². The third-order valence-electron chi connectivity index (χ3n) is 6.16. The lowest BCUT2D eigenvalue weighted by Gasteiger charge is -2.18. The van der Waals surface area contributed by atoms with Crippen molar-refractivity contribution in [3.63, 3.8) is 0 Å². The van der Waals surface area contributed by atoms with Gasteiger partial charge in [-0.1, -0.05) is 42.5 Å². The Morgan fingerprint density at radius 2 is 1.80 bits per heavy atom. The van der Waals surface area contributed by atoms with Gasteiger partial charge in [-0.15, -0.1) is 0 Å². The van der Waals surface area contributed by atoms with Gasteiger partial charge in [0, 0.05) is 12.2 Å². The van der Waals surface area contributed by atoms with Crippen LogP contribution in [0.4, 0.5) is 5.69 Å². The SMILES string of the molecule is Cc1c(NC(=O)C2(c3ccc4c(c3)OCO4)CC2)cccc1-c1ccc(C[NH])cc1. The van der Waals surface area contributed by atoms with Crippen LogP contribution >= 0.6 is 0 Å². The van der Waals surface area contributed by atoms with Gasteiger partial charge in [0.25, 0.3) is 0 Å². The molecule has 3 aromatic carbocycles. The zero-order valence-electron chi connectivity index (χ0n) is 16.8. The van der Waals surface area contributed by atoms with Crippen LogP contribution in [0.5, 0.6) is 11.5 Å². The molecule has 0 unspecified atom stereocenters. The molecular formula is C25H23N2O3. The number of carbonyl (C=O) groups excluding carboxylic acids is 1. The van der Waals surface area contributed by atoms with Crippen molar-refractivity contribution in [3.8, 4) is 22.6 Å². The van der Waals surface area contributed by atoms with E-state index in [2.05, 4.69) is 11.4 Å². The second kappa shape index (κ2) is 7.18. The van der Waals surface area contributed by atoms with Gasteiger partial charge in [0.2, 0.25) is 12.7 Å². The van der Waals surface area contributed by atoms with Crippen LogP contribution in [0.2, 0.25) is 0 Å². The van der Waals surface area contributed by atoms with Gasteiger partial charge in [-0.25, -0.2) is 0 Å². The maximum absolute atomic E-state index is 13.3. The third-order valence-corrected chi connectivity index (χ3v) is 6.16. The van der Waals surface area contributed by atoms with Crippen LogP contribution in [0.3, 0.4) is 0 Å². The minimum atomic E-state index is -0.501. The van der Waals surface area contributed by atoms with Gasteiger partial charge < -0.3 is 14.8 Å². The number of ether oxygens (including phenoxy) is 2. The minimum Gasteiger partial charge on any atom is -0.454 e. The first-order valence-electron chi connectivity index (χ1n) is 10.2. The van der Waals surface area contributed by atoms with Gasteiger partial charge in [-0.3, -0.25) is 10.5 Å². The van der Waals surface area contributed by atoms with Crippen LogP contribution in [-0.4, -0.2) is 12.7 Å². The van der Waals surface area contributed by atoms with Gasteiger partial charge in [0.15, 0.2) is 11.5 Å². The molecular weight excluding hydrogens is 376 g/mol. The molecule has 2 aliphatic rings. The van der Waals surface area contributed by atoms with Gasteiger partial charge >= 0.3 is 0 Å². The van der Waals surface area contributed by atoms with Gasteiger partial charge in [-0.2, -0.15) is 0 Å². The van der Waals surface area contributed by atoms with E-state index in [1.54, 1.807) is 0 Å². The van der Waals surface area contributed by atoms with E-state index in [9.17, 15) is 4.79 Å². The smallest absolute Gasteiger partial charge is 0.235 e. The van der Waals surface area contributed by atoms with E-state index in [0.29, 0.717) is 5.75 Å². The zero-order valence-corrected chi connectivity index (χ0v) is 16.8. The molecule has 151 valence electrons. The number of rotatable bonds is 5. The van der Waals surface area contributed by atoms with Crippen LogP contribution in [0.25, 0.3) is 11.1 Å². The predicted octanol–water partition coefficient (Wildman–Crippen LogP) is 4.84. The molecule has 30 heavy (non-hydrogen) atoms. The molecule has 1 radical (unpaired) electrons. The molecule has 1 aliphatic carbocycles. The summed E-state index contributed by atoms with van der Waals surface area (Å²) >= 11 is 0. The van der Waals surface area contributed by atoms with E-state index in [4.69, 9.17) is 15.2 Å². The van der Waals surface area contributed by atoms with E-state index >= 15 is 0 Å². The van der Waals surface area contributed by atoms with Crippen molar-refractivity contribution in [2.45, 2.75) is 31.7 Å². The number of benzene rings is 3. The summed E-state index contributed by atoms with van der Waals surface area (Å²) in [6.07, 6.45) is 1.65. The Balaban J connectivity index is 1.41. The summed E-state index contributed by atoms with van der Waals surface area (Å²) < 4.78 is 10.9. The number of carbonyl (C=O) groups is 1. The fraction of sp³-hybridized carbons (Fsp3) is 0.240. The highest BCUT2D eigenvalue weighted by Crippen LogP contribution is 2.51. The molecule has 0 aromatic heterocycles. The Kier molecular flexibility index (Phi) is 4.48. The molecule has 0 atom stereocenters. The number of hydrogen-bond acceptors (Lipinski definition) is 3. The number of anilines is 1. The van der Waals surface area contributed by atoms with Crippen molar-refractivity contribution in [2.75, 3.05) is 12.1 Å². The fourth-order valence-corrected chi connectivity index (χ4v) is 4.09. The predicted molar refractivity (Wildman–Crippen MR) is 116 cm³/mol. The quantitative estimate of drug-likeness (QED) is 0.667. The van der Waals surface area contributed by atoms with Gasteiger partial charge in [-0.05, 0) is 65.8 Å². The van der Waals surface area contributed by atoms with E-state index in [1.165, 1.54) is 0 Å². The number of fused-ring (bicyclic) bond motifs is 1. The maximum atomic E-state index is 13.3. The molecule has 0 saturated heterocycles. The molecule has 0 bridgehead atoms. The minimum absolute atomic E-state index is 0.0196. The van der Waals surface area contributed by atoms with Crippen molar-refractivity contribution >= 4 is 11.6 Å². The first-order valence-corrected chi connectivity index (χ1v) is 10.2. The Morgan fingerprint density at radius 3 is 2.53 bits per heavy atom. The van der Waals surface area contributed by atoms with Crippen LogP contribution < -0.4 is 20.5 Å².